The van der Waals surface area contributed by atoms with Gasteiger partial charge in [0, 0.05) is 19.0 Å². The zero-order chi connectivity index (χ0) is 19.8. The Kier molecular flexibility index (Phi) is 5.10. The van der Waals surface area contributed by atoms with Crippen molar-refractivity contribution < 1.29 is 9.59 Å². The molecule has 3 amide bonds. The molecule has 2 saturated heterocycles. The number of nitrogens with zero attached hydrogens (tertiary/aromatic N) is 3. The fourth-order valence-electron chi connectivity index (χ4n) is 4.65. The SMILES string of the molecule is CCN(CC)CCN1C2=Nc3cc(C)ccc3CC2CC2C(=O)NC(=O)NC21. The smallest absolute Gasteiger partial charge is 0.323 e. The van der Waals surface area contributed by atoms with Crippen molar-refractivity contribution in [3.05, 3.63) is 29.3 Å². The Morgan fingerprint density at radius 1 is 1.25 bits per heavy atom. The van der Waals surface area contributed by atoms with E-state index in [4.69, 9.17) is 4.99 Å². The summed E-state index contributed by atoms with van der Waals surface area (Å²) in [5, 5.41) is 5.43. The first-order valence-electron chi connectivity index (χ1n) is 10.3. The summed E-state index contributed by atoms with van der Waals surface area (Å²) in [4.78, 5) is 34.1. The number of likely N-dealkylation sites (tertiary alicyclic amines) is 1. The van der Waals surface area contributed by atoms with Crippen molar-refractivity contribution in [1.29, 1.82) is 0 Å². The third-order valence-corrected chi connectivity index (χ3v) is 6.26. The fourth-order valence-corrected chi connectivity index (χ4v) is 4.65. The maximum atomic E-state index is 12.6. The zero-order valence-corrected chi connectivity index (χ0v) is 16.9. The average Bonchev–Trinajstić information content (AvgIpc) is 2.67. The lowest BCUT2D eigenvalue weighted by Crippen LogP contribution is -2.69. The Morgan fingerprint density at radius 2 is 2.04 bits per heavy atom. The van der Waals surface area contributed by atoms with Crippen LogP contribution in [0.4, 0.5) is 10.5 Å². The predicted octanol–water partition coefficient (Wildman–Crippen LogP) is 2.03. The molecule has 1 aromatic carbocycles. The second kappa shape index (κ2) is 7.54. The van der Waals surface area contributed by atoms with Crippen molar-refractivity contribution in [2.75, 3.05) is 26.2 Å². The van der Waals surface area contributed by atoms with Gasteiger partial charge < -0.3 is 15.1 Å². The number of piperidine rings is 1. The van der Waals surface area contributed by atoms with E-state index < -0.39 is 6.03 Å². The van der Waals surface area contributed by atoms with Crippen molar-refractivity contribution in [3.8, 4) is 0 Å². The van der Waals surface area contributed by atoms with Gasteiger partial charge in [-0.25, -0.2) is 9.79 Å². The molecule has 0 radical (unpaired) electrons. The molecule has 150 valence electrons. The van der Waals surface area contributed by atoms with Gasteiger partial charge in [0.2, 0.25) is 5.91 Å². The Hall–Kier alpha value is -2.41. The number of aryl methyl sites for hydroxylation is 1. The van der Waals surface area contributed by atoms with Crippen LogP contribution in [0.1, 0.15) is 31.4 Å². The Labute approximate surface area is 166 Å². The second-order valence-corrected chi connectivity index (χ2v) is 7.97. The first-order valence-corrected chi connectivity index (χ1v) is 10.3. The van der Waals surface area contributed by atoms with E-state index in [1.165, 1.54) is 11.1 Å². The lowest BCUT2D eigenvalue weighted by atomic mass is 9.79. The van der Waals surface area contributed by atoms with Crippen LogP contribution in [-0.2, 0) is 11.2 Å². The third-order valence-electron chi connectivity index (χ3n) is 6.26. The average molecular weight is 383 g/mol. The summed E-state index contributed by atoms with van der Waals surface area (Å²) in [6.45, 7) is 9.95. The van der Waals surface area contributed by atoms with Gasteiger partial charge in [-0.2, -0.15) is 0 Å². The van der Waals surface area contributed by atoms with Gasteiger partial charge in [0.1, 0.15) is 12.0 Å². The first-order chi connectivity index (χ1) is 13.5. The molecule has 28 heavy (non-hydrogen) atoms. The highest BCUT2D eigenvalue weighted by atomic mass is 16.2. The normalized spacial score (nSPS) is 26.1. The first kappa shape index (κ1) is 18.9. The van der Waals surface area contributed by atoms with Gasteiger partial charge in [-0.1, -0.05) is 26.0 Å². The summed E-state index contributed by atoms with van der Waals surface area (Å²) in [6.07, 6.45) is 1.28. The molecule has 1 aromatic rings. The summed E-state index contributed by atoms with van der Waals surface area (Å²) in [6, 6.07) is 5.99. The van der Waals surface area contributed by atoms with E-state index in [-0.39, 0.29) is 23.9 Å². The third kappa shape index (κ3) is 3.39. The van der Waals surface area contributed by atoms with Gasteiger partial charge in [-0.3, -0.25) is 10.1 Å². The Bertz CT molecular complexity index is 817. The summed E-state index contributed by atoms with van der Waals surface area (Å²) in [5.41, 5.74) is 3.45. The maximum absolute atomic E-state index is 12.6. The number of likely N-dealkylation sites (N-methyl/N-ethyl adjacent to an activating group) is 1. The number of fused-ring (bicyclic) bond motifs is 3. The molecule has 0 aliphatic carbocycles. The van der Waals surface area contributed by atoms with Crippen molar-refractivity contribution >= 4 is 23.5 Å². The van der Waals surface area contributed by atoms with E-state index in [2.05, 4.69) is 59.4 Å². The highest BCUT2D eigenvalue weighted by Crippen LogP contribution is 2.38. The number of urea groups is 1. The number of benzene rings is 1. The molecule has 0 saturated carbocycles. The van der Waals surface area contributed by atoms with Crippen LogP contribution in [0.5, 0.6) is 0 Å². The Morgan fingerprint density at radius 3 is 2.79 bits per heavy atom. The van der Waals surface area contributed by atoms with Crippen LogP contribution < -0.4 is 10.6 Å². The molecule has 3 atom stereocenters. The number of aliphatic imine (C=N–C) groups is 1. The van der Waals surface area contributed by atoms with Gasteiger partial charge >= 0.3 is 6.03 Å². The minimum Gasteiger partial charge on any atom is -0.337 e. The van der Waals surface area contributed by atoms with Crippen LogP contribution in [0.2, 0.25) is 0 Å². The number of amidine groups is 1. The van der Waals surface area contributed by atoms with E-state index in [1.54, 1.807) is 0 Å². The molecular weight excluding hydrogens is 354 g/mol. The van der Waals surface area contributed by atoms with E-state index in [0.717, 1.165) is 44.1 Å². The highest BCUT2D eigenvalue weighted by molar-refractivity contribution is 6.01. The lowest BCUT2D eigenvalue weighted by molar-refractivity contribution is -0.128. The van der Waals surface area contributed by atoms with Crippen LogP contribution in [0.25, 0.3) is 0 Å². The lowest BCUT2D eigenvalue weighted by Gasteiger charge is -2.49. The number of carbonyl (C=O) groups is 2. The van der Waals surface area contributed by atoms with E-state index in [9.17, 15) is 9.59 Å². The molecular formula is C21H29N5O2. The molecule has 4 rings (SSSR count). The topological polar surface area (TPSA) is 77.0 Å². The van der Waals surface area contributed by atoms with E-state index in [1.807, 2.05) is 0 Å². The van der Waals surface area contributed by atoms with Crippen LogP contribution in [0, 0.1) is 18.8 Å². The molecule has 0 spiro atoms. The van der Waals surface area contributed by atoms with Gasteiger partial charge in [-0.15, -0.1) is 0 Å². The largest absolute Gasteiger partial charge is 0.337 e. The summed E-state index contributed by atoms with van der Waals surface area (Å²) < 4.78 is 0. The quantitative estimate of drug-likeness (QED) is 0.816. The summed E-state index contributed by atoms with van der Waals surface area (Å²) in [7, 11) is 0. The number of nitrogens with one attached hydrogen (secondary N) is 2. The van der Waals surface area contributed by atoms with Gasteiger partial charge in [0.05, 0.1) is 11.6 Å². The van der Waals surface area contributed by atoms with Gasteiger partial charge in [0.25, 0.3) is 0 Å². The molecule has 2 fully saturated rings. The number of rotatable bonds is 5. The van der Waals surface area contributed by atoms with Crippen molar-refractivity contribution in [3.63, 3.8) is 0 Å². The van der Waals surface area contributed by atoms with Crippen LogP contribution in [0.3, 0.4) is 0 Å². The number of carbonyl (C=O) groups excluding carboxylic acids is 2. The Balaban J connectivity index is 1.70. The van der Waals surface area contributed by atoms with Gasteiger partial charge in [-0.05, 0) is 50.0 Å². The summed E-state index contributed by atoms with van der Waals surface area (Å²) in [5.74, 6) is 0.802. The van der Waals surface area contributed by atoms with Crippen LogP contribution in [-0.4, -0.2) is 59.9 Å². The van der Waals surface area contributed by atoms with Crippen molar-refractivity contribution in [1.82, 2.24) is 20.4 Å². The molecule has 3 unspecified atom stereocenters. The molecule has 0 aromatic heterocycles. The highest BCUT2D eigenvalue weighted by Gasteiger charge is 2.47. The number of hydrogen-bond donors (Lipinski definition) is 2. The molecule has 7 heteroatoms. The number of hydrogen-bond acceptors (Lipinski definition) is 5. The van der Waals surface area contributed by atoms with Gasteiger partial charge in [0.15, 0.2) is 0 Å². The molecule has 0 bridgehead atoms. The van der Waals surface area contributed by atoms with E-state index >= 15 is 0 Å². The zero-order valence-electron chi connectivity index (χ0n) is 16.9. The minimum absolute atomic E-state index is 0.171. The molecule has 3 aliphatic rings. The number of imide groups is 1. The maximum Gasteiger partial charge on any atom is 0.323 e. The predicted molar refractivity (Wildman–Crippen MR) is 109 cm³/mol. The van der Waals surface area contributed by atoms with Crippen molar-refractivity contribution in [2.24, 2.45) is 16.8 Å². The molecule has 3 aliphatic heterocycles. The molecule has 2 N–H and O–H groups in total. The fraction of sp³-hybridized carbons (Fsp3) is 0.571. The molecule has 7 nitrogen and oxygen atoms in total. The monoisotopic (exact) mass is 383 g/mol. The van der Waals surface area contributed by atoms with Crippen LogP contribution in [0.15, 0.2) is 23.2 Å². The second-order valence-electron chi connectivity index (χ2n) is 7.97. The van der Waals surface area contributed by atoms with Crippen molar-refractivity contribution in [2.45, 2.75) is 39.8 Å². The standard InChI is InChI=1S/C21H29N5O2/c1-4-25(5-2)8-9-26-18-15(11-14-7-6-13(3)10-17(14)22-18)12-16-19(26)23-21(28)24-20(16)27/h6-7,10,15-16,19H,4-5,8-9,11-12H2,1-3H3,(H2,23,24,27,28). The van der Waals surface area contributed by atoms with Crippen LogP contribution >= 0.6 is 0 Å². The molecule has 3 heterocycles. The number of amides is 3. The minimum atomic E-state index is -0.412. The summed E-state index contributed by atoms with van der Waals surface area (Å²) >= 11 is 0. The van der Waals surface area contributed by atoms with E-state index in [0.29, 0.717) is 6.42 Å².